The zero-order valence-electron chi connectivity index (χ0n) is 19.9. The Labute approximate surface area is 209 Å². The van der Waals surface area contributed by atoms with E-state index in [1.807, 2.05) is 36.4 Å². The van der Waals surface area contributed by atoms with Crippen LogP contribution in [0.15, 0.2) is 97.8 Å². The second-order valence-corrected chi connectivity index (χ2v) is 7.74. The minimum Gasteiger partial charge on any atom is -0.494 e. The first-order valence-corrected chi connectivity index (χ1v) is 11.2. The van der Waals surface area contributed by atoms with Gasteiger partial charge in [0.15, 0.2) is 0 Å². The molecule has 0 heterocycles. The highest BCUT2D eigenvalue weighted by Gasteiger charge is 2.11. The third-order valence-corrected chi connectivity index (χ3v) is 4.91. The number of rotatable bonds is 11. The van der Waals surface area contributed by atoms with Crippen LogP contribution in [0.4, 0.5) is 0 Å². The van der Waals surface area contributed by atoms with Gasteiger partial charge in [-0.3, -0.25) is 4.79 Å². The van der Waals surface area contributed by atoms with Gasteiger partial charge in [0, 0.05) is 12.0 Å². The van der Waals surface area contributed by atoms with Gasteiger partial charge in [-0.05, 0) is 73.0 Å². The van der Waals surface area contributed by atoms with Crippen molar-refractivity contribution in [3.05, 3.63) is 103 Å². The molecule has 3 aromatic carbocycles. The topological polar surface area (TPSA) is 88.1 Å². The highest BCUT2D eigenvalue weighted by molar-refractivity contribution is 5.92. The maximum Gasteiger partial charge on any atom is 0.343 e. The Morgan fingerprint density at radius 2 is 1.31 bits per heavy atom. The second kappa shape index (κ2) is 12.7. The largest absolute Gasteiger partial charge is 0.494 e. The molecule has 184 valence electrons. The molecule has 0 fully saturated rings. The third kappa shape index (κ3) is 7.70. The first-order chi connectivity index (χ1) is 17.4. The van der Waals surface area contributed by atoms with E-state index >= 15 is 0 Å². The van der Waals surface area contributed by atoms with E-state index in [0.29, 0.717) is 35.8 Å². The Bertz CT molecular complexity index is 1220. The summed E-state index contributed by atoms with van der Waals surface area (Å²) >= 11 is 0. The molecule has 0 unspecified atom stereocenters. The van der Waals surface area contributed by atoms with Crippen LogP contribution in [0.5, 0.6) is 17.2 Å². The predicted octanol–water partition coefficient (Wildman–Crippen LogP) is 5.90. The molecule has 0 aliphatic heterocycles. The van der Waals surface area contributed by atoms with E-state index in [-0.39, 0.29) is 18.0 Å². The molecule has 7 nitrogen and oxygen atoms in total. The molecule has 0 atom stereocenters. The van der Waals surface area contributed by atoms with Gasteiger partial charge in [0.1, 0.15) is 17.2 Å². The summed E-state index contributed by atoms with van der Waals surface area (Å²) in [6.07, 6.45) is 1.92. The Balaban J connectivity index is 1.51. The summed E-state index contributed by atoms with van der Waals surface area (Å²) in [4.78, 5) is 35.3. The average molecular weight is 487 g/mol. The van der Waals surface area contributed by atoms with Crippen molar-refractivity contribution in [2.24, 2.45) is 0 Å². The maximum absolute atomic E-state index is 12.4. The van der Waals surface area contributed by atoms with Crippen LogP contribution in [0.1, 0.15) is 30.1 Å². The van der Waals surface area contributed by atoms with E-state index in [4.69, 9.17) is 14.2 Å². The van der Waals surface area contributed by atoms with Crippen molar-refractivity contribution in [3.63, 3.8) is 0 Å². The molecule has 7 heteroatoms. The number of carbonyl (C=O) groups excluding carboxylic acids is 3. The number of esters is 3. The van der Waals surface area contributed by atoms with Crippen LogP contribution in [-0.4, -0.2) is 24.5 Å². The van der Waals surface area contributed by atoms with Gasteiger partial charge < -0.3 is 18.9 Å². The summed E-state index contributed by atoms with van der Waals surface area (Å²) in [5.74, 6) is 0.0138. The minimum atomic E-state index is -0.532. The van der Waals surface area contributed by atoms with E-state index in [9.17, 15) is 14.4 Å². The van der Waals surface area contributed by atoms with E-state index in [0.717, 1.165) is 17.4 Å². The standard InChI is InChI=1S/C29H26O7/c1-4-33-27(30)6-5-19-34-24-13-7-21(8-14-24)22-9-15-26(16-10-22)36-29(32)23-11-17-25(18-12-23)35-28(31)20(2)3/h4,7-18H,1-2,5-6,19H2,3H3. The number of hydrogen-bond acceptors (Lipinski definition) is 7. The summed E-state index contributed by atoms with van der Waals surface area (Å²) in [6, 6.07) is 20.7. The Hall–Kier alpha value is -4.65. The second-order valence-electron chi connectivity index (χ2n) is 7.74. The maximum atomic E-state index is 12.4. The molecular weight excluding hydrogens is 460 g/mol. The van der Waals surface area contributed by atoms with Crippen LogP contribution in [-0.2, 0) is 14.3 Å². The lowest BCUT2D eigenvalue weighted by Crippen LogP contribution is -2.10. The fourth-order valence-electron chi connectivity index (χ4n) is 3.04. The molecule has 0 radical (unpaired) electrons. The summed E-state index contributed by atoms with van der Waals surface area (Å²) < 4.78 is 20.9. The van der Waals surface area contributed by atoms with Gasteiger partial charge in [0.25, 0.3) is 0 Å². The van der Waals surface area contributed by atoms with Crippen molar-refractivity contribution < 1.29 is 33.3 Å². The van der Waals surface area contributed by atoms with Crippen molar-refractivity contribution in [1.29, 1.82) is 0 Å². The lowest BCUT2D eigenvalue weighted by atomic mass is 10.1. The molecule has 0 amide bonds. The van der Waals surface area contributed by atoms with E-state index < -0.39 is 11.9 Å². The zero-order valence-corrected chi connectivity index (χ0v) is 19.9. The van der Waals surface area contributed by atoms with E-state index in [1.54, 1.807) is 19.1 Å². The van der Waals surface area contributed by atoms with Crippen molar-refractivity contribution in [3.8, 4) is 28.4 Å². The summed E-state index contributed by atoms with van der Waals surface area (Å²) in [5.41, 5.74) is 2.51. The van der Waals surface area contributed by atoms with Gasteiger partial charge in [-0.1, -0.05) is 37.4 Å². The fourth-order valence-corrected chi connectivity index (χ4v) is 3.04. The van der Waals surface area contributed by atoms with Gasteiger partial charge in [-0.15, -0.1) is 0 Å². The van der Waals surface area contributed by atoms with Crippen LogP contribution in [0.3, 0.4) is 0 Å². The molecule has 0 aliphatic rings. The molecule has 0 spiro atoms. The van der Waals surface area contributed by atoms with Crippen molar-refractivity contribution in [2.45, 2.75) is 19.8 Å². The Morgan fingerprint density at radius 3 is 1.86 bits per heavy atom. The van der Waals surface area contributed by atoms with Crippen LogP contribution in [0.25, 0.3) is 11.1 Å². The molecule has 3 aromatic rings. The Morgan fingerprint density at radius 1 is 0.778 bits per heavy atom. The lowest BCUT2D eigenvalue weighted by Gasteiger charge is -2.09. The highest BCUT2D eigenvalue weighted by Crippen LogP contribution is 2.25. The first-order valence-electron chi connectivity index (χ1n) is 11.2. The van der Waals surface area contributed by atoms with E-state index in [2.05, 4.69) is 17.9 Å². The zero-order chi connectivity index (χ0) is 25.9. The number of carbonyl (C=O) groups is 3. The normalized spacial score (nSPS) is 10.1. The van der Waals surface area contributed by atoms with Crippen molar-refractivity contribution in [2.75, 3.05) is 6.61 Å². The molecule has 0 bridgehead atoms. The Kier molecular flexibility index (Phi) is 9.17. The number of benzene rings is 3. The average Bonchev–Trinajstić information content (AvgIpc) is 2.88. The van der Waals surface area contributed by atoms with Gasteiger partial charge in [-0.2, -0.15) is 0 Å². The highest BCUT2D eigenvalue weighted by atomic mass is 16.5. The minimum absolute atomic E-state index is 0.261. The van der Waals surface area contributed by atoms with Gasteiger partial charge >= 0.3 is 17.9 Å². The van der Waals surface area contributed by atoms with E-state index in [1.165, 1.54) is 24.3 Å². The monoisotopic (exact) mass is 486 g/mol. The molecule has 36 heavy (non-hydrogen) atoms. The first kappa shape index (κ1) is 26.0. The molecule has 0 saturated carbocycles. The van der Waals surface area contributed by atoms with Crippen molar-refractivity contribution in [1.82, 2.24) is 0 Å². The summed E-state index contributed by atoms with van der Waals surface area (Å²) in [5, 5.41) is 0. The van der Waals surface area contributed by atoms with Crippen LogP contribution >= 0.6 is 0 Å². The van der Waals surface area contributed by atoms with Crippen molar-refractivity contribution >= 4 is 17.9 Å². The van der Waals surface area contributed by atoms with Crippen LogP contribution < -0.4 is 14.2 Å². The SMILES string of the molecule is C=COC(=O)CCCOc1ccc(-c2ccc(OC(=O)c3ccc(OC(=O)C(=C)C)cc3)cc2)cc1. The summed E-state index contributed by atoms with van der Waals surface area (Å²) in [6.45, 7) is 8.82. The van der Waals surface area contributed by atoms with Crippen LogP contribution in [0.2, 0.25) is 0 Å². The molecule has 3 rings (SSSR count). The molecule has 0 aliphatic carbocycles. The number of ether oxygens (including phenoxy) is 4. The van der Waals surface area contributed by atoms with Gasteiger partial charge in [-0.25, -0.2) is 9.59 Å². The molecular formula is C29H26O7. The summed E-state index contributed by atoms with van der Waals surface area (Å²) in [7, 11) is 0. The quantitative estimate of drug-likeness (QED) is 0.110. The molecule has 0 aromatic heterocycles. The van der Waals surface area contributed by atoms with Gasteiger partial charge in [0.05, 0.1) is 18.4 Å². The third-order valence-electron chi connectivity index (χ3n) is 4.91. The fraction of sp³-hybridized carbons (Fsp3) is 0.138. The molecule has 0 N–H and O–H groups in total. The predicted molar refractivity (Wildman–Crippen MR) is 135 cm³/mol. The smallest absolute Gasteiger partial charge is 0.343 e. The molecule has 0 saturated heterocycles. The van der Waals surface area contributed by atoms with Gasteiger partial charge in [0.2, 0.25) is 0 Å². The number of hydrogen-bond donors (Lipinski definition) is 0. The van der Waals surface area contributed by atoms with Crippen LogP contribution in [0, 0.1) is 0 Å². The lowest BCUT2D eigenvalue weighted by molar-refractivity contribution is -0.138.